The van der Waals surface area contributed by atoms with E-state index in [4.69, 9.17) is 4.74 Å². The first-order valence-corrected chi connectivity index (χ1v) is 8.65. The number of hydrogen-bond acceptors (Lipinski definition) is 5. The van der Waals surface area contributed by atoms with E-state index in [9.17, 15) is 9.90 Å². The van der Waals surface area contributed by atoms with Gasteiger partial charge in [0.2, 0.25) is 0 Å². The molecule has 1 N–H and O–H groups in total. The second kappa shape index (κ2) is 7.40. The molecule has 1 aromatic carbocycles. The number of aliphatic carboxylic acids is 1. The largest absolute Gasteiger partial charge is 0.495 e. The standard InChI is InChI=1S/C18H27N3O3/c1-19-11-12-21(13-16(19)18(22)23)14-7-9-20(10-8-14)15-5-3-4-6-17(15)24-2/h3-6,14,16H,7-13H2,1-2H3,(H,22,23). The molecule has 0 spiro atoms. The van der Waals surface area contributed by atoms with Crippen molar-refractivity contribution in [2.45, 2.75) is 24.9 Å². The molecule has 132 valence electrons. The average molecular weight is 333 g/mol. The molecule has 24 heavy (non-hydrogen) atoms. The van der Waals surface area contributed by atoms with Gasteiger partial charge in [0, 0.05) is 38.8 Å². The summed E-state index contributed by atoms with van der Waals surface area (Å²) in [7, 11) is 3.61. The molecule has 6 heteroatoms. The van der Waals surface area contributed by atoms with Crippen LogP contribution in [0, 0.1) is 0 Å². The van der Waals surface area contributed by atoms with E-state index >= 15 is 0 Å². The summed E-state index contributed by atoms with van der Waals surface area (Å²) in [5.41, 5.74) is 1.15. The lowest BCUT2D eigenvalue weighted by atomic mass is 10.00. The number of anilines is 1. The van der Waals surface area contributed by atoms with Gasteiger partial charge in [-0.1, -0.05) is 12.1 Å². The fourth-order valence-corrected chi connectivity index (χ4v) is 3.86. The average Bonchev–Trinajstić information content (AvgIpc) is 2.62. The number of para-hydroxylation sites is 2. The van der Waals surface area contributed by atoms with Crippen LogP contribution in [0.4, 0.5) is 5.69 Å². The molecule has 2 heterocycles. The second-order valence-electron chi connectivity index (χ2n) is 6.72. The normalized spacial score (nSPS) is 24.1. The highest BCUT2D eigenvalue weighted by molar-refractivity contribution is 5.73. The number of rotatable bonds is 4. The van der Waals surface area contributed by atoms with Gasteiger partial charge in [-0.2, -0.15) is 0 Å². The van der Waals surface area contributed by atoms with Crippen LogP contribution in [0.5, 0.6) is 5.75 Å². The molecule has 1 aromatic rings. The van der Waals surface area contributed by atoms with Crippen molar-refractivity contribution in [3.8, 4) is 5.75 Å². The Balaban J connectivity index is 1.60. The Morgan fingerprint density at radius 2 is 1.88 bits per heavy atom. The maximum absolute atomic E-state index is 11.4. The Morgan fingerprint density at radius 3 is 2.54 bits per heavy atom. The lowest BCUT2D eigenvalue weighted by Crippen LogP contribution is -2.58. The zero-order valence-corrected chi connectivity index (χ0v) is 14.5. The molecule has 0 radical (unpaired) electrons. The zero-order valence-electron chi connectivity index (χ0n) is 14.5. The Kier molecular flexibility index (Phi) is 5.26. The van der Waals surface area contributed by atoms with E-state index in [2.05, 4.69) is 15.9 Å². The van der Waals surface area contributed by atoms with E-state index in [1.54, 1.807) is 7.11 Å². The van der Waals surface area contributed by atoms with Gasteiger partial charge in [-0.25, -0.2) is 0 Å². The van der Waals surface area contributed by atoms with Crippen molar-refractivity contribution >= 4 is 11.7 Å². The van der Waals surface area contributed by atoms with Crippen LogP contribution >= 0.6 is 0 Å². The number of methoxy groups -OCH3 is 1. The van der Waals surface area contributed by atoms with Crippen molar-refractivity contribution < 1.29 is 14.6 Å². The van der Waals surface area contributed by atoms with E-state index in [0.29, 0.717) is 12.6 Å². The molecule has 0 bridgehead atoms. The molecule has 3 rings (SSSR count). The molecule has 2 aliphatic heterocycles. The summed E-state index contributed by atoms with van der Waals surface area (Å²) in [5, 5.41) is 9.38. The number of piperazine rings is 1. The highest BCUT2D eigenvalue weighted by atomic mass is 16.5. The molecule has 0 amide bonds. The van der Waals surface area contributed by atoms with Crippen LogP contribution in [0.3, 0.4) is 0 Å². The molecule has 2 aliphatic rings. The van der Waals surface area contributed by atoms with Crippen molar-refractivity contribution in [2.75, 3.05) is 51.8 Å². The summed E-state index contributed by atoms with van der Waals surface area (Å²) in [6, 6.07) is 8.24. The molecular weight excluding hydrogens is 306 g/mol. The minimum Gasteiger partial charge on any atom is -0.495 e. The van der Waals surface area contributed by atoms with Crippen LogP contribution in [-0.4, -0.2) is 79.8 Å². The van der Waals surface area contributed by atoms with Crippen LogP contribution in [0.15, 0.2) is 24.3 Å². The lowest BCUT2D eigenvalue weighted by molar-refractivity contribution is -0.145. The molecule has 0 aromatic heterocycles. The molecular formula is C18H27N3O3. The summed E-state index contributed by atoms with van der Waals surface area (Å²) in [6.07, 6.45) is 2.13. The zero-order chi connectivity index (χ0) is 17.1. The smallest absolute Gasteiger partial charge is 0.322 e. The van der Waals surface area contributed by atoms with Crippen molar-refractivity contribution in [2.24, 2.45) is 0 Å². The Morgan fingerprint density at radius 1 is 1.17 bits per heavy atom. The van der Waals surface area contributed by atoms with Crippen LogP contribution < -0.4 is 9.64 Å². The number of benzene rings is 1. The van der Waals surface area contributed by atoms with Gasteiger partial charge < -0.3 is 14.7 Å². The van der Waals surface area contributed by atoms with Gasteiger partial charge in [-0.15, -0.1) is 0 Å². The summed E-state index contributed by atoms with van der Waals surface area (Å²) in [6.45, 7) is 4.37. The number of hydrogen-bond donors (Lipinski definition) is 1. The first kappa shape index (κ1) is 17.0. The second-order valence-corrected chi connectivity index (χ2v) is 6.72. The lowest BCUT2D eigenvalue weighted by Gasteiger charge is -2.44. The predicted molar refractivity (Wildman–Crippen MR) is 93.9 cm³/mol. The van der Waals surface area contributed by atoms with Crippen LogP contribution in [0.2, 0.25) is 0 Å². The van der Waals surface area contributed by atoms with Crippen LogP contribution in [0.1, 0.15) is 12.8 Å². The summed E-state index contributed by atoms with van der Waals surface area (Å²) in [5.74, 6) is 0.204. The van der Waals surface area contributed by atoms with E-state index in [1.807, 2.05) is 30.1 Å². The van der Waals surface area contributed by atoms with Gasteiger partial charge in [-0.3, -0.25) is 14.6 Å². The van der Waals surface area contributed by atoms with Gasteiger partial charge in [0.05, 0.1) is 12.8 Å². The molecule has 1 atom stereocenters. The fourth-order valence-electron chi connectivity index (χ4n) is 3.86. The molecule has 2 saturated heterocycles. The Bertz CT molecular complexity index is 572. The Hall–Kier alpha value is -1.79. The van der Waals surface area contributed by atoms with Crippen molar-refractivity contribution in [1.29, 1.82) is 0 Å². The number of carbonyl (C=O) groups is 1. The summed E-state index contributed by atoms with van der Waals surface area (Å²) in [4.78, 5) is 18.1. The predicted octanol–water partition coefficient (Wildman–Crippen LogP) is 1.36. The summed E-state index contributed by atoms with van der Waals surface area (Å²) >= 11 is 0. The van der Waals surface area contributed by atoms with Crippen LogP contribution in [-0.2, 0) is 4.79 Å². The Labute approximate surface area is 143 Å². The molecule has 1 unspecified atom stereocenters. The van der Waals surface area contributed by atoms with Gasteiger partial charge in [0.15, 0.2) is 0 Å². The summed E-state index contributed by atoms with van der Waals surface area (Å²) < 4.78 is 5.47. The monoisotopic (exact) mass is 333 g/mol. The minimum absolute atomic E-state index is 0.383. The van der Waals surface area contributed by atoms with Gasteiger partial charge >= 0.3 is 5.97 Å². The number of ether oxygens (including phenoxy) is 1. The topological polar surface area (TPSA) is 56.2 Å². The third kappa shape index (κ3) is 3.49. The first-order chi connectivity index (χ1) is 11.6. The highest BCUT2D eigenvalue weighted by Crippen LogP contribution is 2.31. The molecule has 0 aliphatic carbocycles. The van der Waals surface area contributed by atoms with E-state index in [-0.39, 0.29) is 6.04 Å². The maximum atomic E-state index is 11.4. The fraction of sp³-hybridized carbons (Fsp3) is 0.611. The minimum atomic E-state index is -0.714. The van der Waals surface area contributed by atoms with E-state index in [1.165, 1.54) is 0 Å². The maximum Gasteiger partial charge on any atom is 0.322 e. The molecule has 0 saturated carbocycles. The molecule has 6 nitrogen and oxygen atoms in total. The highest BCUT2D eigenvalue weighted by Gasteiger charge is 2.34. The number of carboxylic acids is 1. The van der Waals surface area contributed by atoms with Gasteiger partial charge in [-0.05, 0) is 32.0 Å². The SMILES string of the molecule is COc1ccccc1N1CCC(N2CCN(C)C(C(=O)O)C2)CC1. The third-order valence-electron chi connectivity index (χ3n) is 5.37. The number of likely N-dealkylation sites (N-methyl/N-ethyl adjacent to an activating group) is 1. The van der Waals surface area contributed by atoms with E-state index < -0.39 is 5.97 Å². The van der Waals surface area contributed by atoms with Gasteiger partial charge in [0.25, 0.3) is 0 Å². The van der Waals surface area contributed by atoms with Crippen molar-refractivity contribution in [1.82, 2.24) is 9.80 Å². The first-order valence-electron chi connectivity index (χ1n) is 8.65. The van der Waals surface area contributed by atoms with Crippen molar-refractivity contribution in [3.05, 3.63) is 24.3 Å². The molecule has 2 fully saturated rings. The quantitative estimate of drug-likeness (QED) is 0.898. The number of carboxylic acid groups (broad SMARTS) is 1. The number of nitrogens with zero attached hydrogens (tertiary/aromatic N) is 3. The van der Waals surface area contributed by atoms with E-state index in [0.717, 1.165) is 50.5 Å². The van der Waals surface area contributed by atoms with Crippen molar-refractivity contribution in [3.63, 3.8) is 0 Å². The van der Waals surface area contributed by atoms with Crippen LogP contribution in [0.25, 0.3) is 0 Å². The number of piperidine rings is 1. The van der Waals surface area contributed by atoms with Gasteiger partial charge in [0.1, 0.15) is 11.8 Å². The third-order valence-corrected chi connectivity index (χ3v) is 5.37.